The van der Waals surface area contributed by atoms with Crippen LogP contribution in [-0.4, -0.2) is 21.5 Å². The smallest absolute Gasteiger partial charge is 0.240 e. The van der Waals surface area contributed by atoms with Crippen LogP contribution < -0.4 is 5.32 Å². The van der Waals surface area contributed by atoms with Crippen molar-refractivity contribution in [2.24, 2.45) is 0 Å². The molecule has 0 bridgehead atoms. The molecule has 0 radical (unpaired) electrons. The molecule has 4 nitrogen and oxygen atoms in total. The van der Waals surface area contributed by atoms with Gasteiger partial charge in [-0.2, -0.15) is 0 Å². The first kappa shape index (κ1) is 12.9. The fourth-order valence-electron chi connectivity index (χ4n) is 2.82. The Labute approximate surface area is 118 Å². The van der Waals surface area contributed by atoms with E-state index in [1.807, 2.05) is 17.7 Å². The molecule has 1 amide bonds. The summed E-state index contributed by atoms with van der Waals surface area (Å²) in [5.74, 6) is 0.935. The van der Waals surface area contributed by atoms with Gasteiger partial charge in [-0.15, -0.1) is 0 Å². The number of nitrogens with zero attached hydrogens (tertiary/aromatic N) is 2. The van der Waals surface area contributed by atoms with E-state index in [1.165, 1.54) is 11.1 Å². The van der Waals surface area contributed by atoms with Crippen molar-refractivity contribution in [2.75, 3.05) is 0 Å². The molecule has 104 valence electrons. The average molecular weight is 269 g/mol. The third-order valence-electron chi connectivity index (χ3n) is 3.95. The van der Waals surface area contributed by atoms with Crippen LogP contribution >= 0.6 is 0 Å². The molecule has 2 aromatic rings. The summed E-state index contributed by atoms with van der Waals surface area (Å²) >= 11 is 0. The monoisotopic (exact) mass is 269 g/mol. The lowest BCUT2D eigenvalue weighted by Gasteiger charge is -2.25. The summed E-state index contributed by atoms with van der Waals surface area (Å²) in [4.78, 5) is 16.2. The molecule has 0 aliphatic heterocycles. The number of fused-ring (bicyclic) bond motifs is 1. The van der Waals surface area contributed by atoms with Gasteiger partial charge in [0.15, 0.2) is 0 Å². The van der Waals surface area contributed by atoms with Crippen LogP contribution in [0.15, 0.2) is 36.7 Å². The number of aromatic nitrogens is 2. The average Bonchev–Trinajstić information content (AvgIpc) is 2.84. The fraction of sp³-hybridized carbons (Fsp3) is 0.375. The van der Waals surface area contributed by atoms with E-state index in [-0.39, 0.29) is 11.9 Å². The molecule has 1 unspecified atom stereocenters. The maximum absolute atomic E-state index is 12.1. The van der Waals surface area contributed by atoms with Crippen molar-refractivity contribution >= 4 is 5.91 Å². The predicted octanol–water partition coefficient (Wildman–Crippen LogP) is 1.87. The number of benzene rings is 1. The second kappa shape index (κ2) is 5.49. The van der Waals surface area contributed by atoms with E-state index in [9.17, 15) is 4.79 Å². The molecule has 20 heavy (non-hydrogen) atoms. The third kappa shape index (κ3) is 2.74. The van der Waals surface area contributed by atoms with E-state index in [1.54, 1.807) is 6.20 Å². The van der Waals surface area contributed by atoms with Gasteiger partial charge in [-0.25, -0.2) is 4.98 Å². The second-order valence-corrected chi connectivity index (χ2v) is 5.38. The number of nitrogens with one attached hydrogen (secondary N) is 1. The van der Waals surface area contributed by atoms with Crippen molar-refractivity contribution in [3.63, 3.8) is 0 Å². The molecule has 0 saturated carbocycles. The standard InChI is InChI=1S/C16H19N3O/c1-12-17-8-9-19(12)11-16(20)18-15-7-6-13-4-2-3-5-14(13)10-15/h2-5,8-9,15H,6-7,10-11H2,1H3,(H,18,20). The Morgan fingerprint density at radius 2 is 2.20 bits per heavy atom. The summed E-state index contributed by atoms with van der Waals surface area (Å²) in [7, 11) is 0. The lowest BCUT2D eigenvalue weighted by molar-refractivity contribution is -0.122. The minimum absolute atomic E-state index is 0.0653. The van der Waals surface area contributed by atoms with Gasteiger partial charge in [-0.1, -0.05) is 24.3 Å². The molecule has 1 atom stereocenters. The normalized spacial score (nSPS) is 17.6. The molecule has 1 N–H and O–H groups in total. The number of carbonyl (C=O) groups is 1. The zero-order valence-electron chi connectivity index (χ0n) is 11.7. The summed E-state index contributed by atoms with van der Waals surface area (Å²) in [6.45, 7) is 2.26. The van der Waals surface area contributed by atoms with E-state index in [2.05, 4.69) is 34.6 Å². The first-order chi connectivity index (χ1) is 9.72. The molecular formula is C16H19N3O. The van der Waals surface area contributed by atoms with Gasteiger partial charge in [-0.3, -0.25) is 4.79 Å². The van der Waals surface area contributed by atoms with Gasteiger partial charge in [0.25, 0.3) is 0 Å². The summed E-state index contributed by atoms with van der Waals surface area (Å²) in [6, 6.07) is 8.74. The molecule has 0 spiro atoms. The summed E-state index contributed by atoms with van der Waals surface area (Å²) in [6.07, 6.45) is 6.56. The van der Waals surface area contributed by atoms with Gasteiger partial charge >= 0.3 is 0 Å². The Kier molecular flexibility index (Phi) is 3.54. The largest absolute Gasteiger partial charge is 0.351 e. The first-order valence-corrected chi connectivity index (χ1v) is 7.06. The molecule has 0 fully saturated rings. The Morgan fingerprint density at radius 3 is 2.95 bits per heavy atom. The highest BCUT2D eigenvalue weighted by Crippen LogP contribution is 2.20. The Hall–Kier alpha value is -2.10. The second-order valence-electron chi connectivity index (χ2n) is 5.38. The van der Waals surface area contributed by atoms with Crippen LogP contribution in [0.2, 0.25) is 0 Å². The topological polar surface area (TPSA) is 46.9 Å². The number of imidazole rings is 1. The highest BCUT2D eigenvalue weighted by Gasteiger charge is 2.19. The Bertz CT molecular complexity index is 618. The molecule has 4 heteroatoms. The van der Waals surface area contributed by atoms with E-state index < -0.39 is 0 Å². The van der Waals surface area contributed by atoms with Gasteiger partial charge in [0, 0.05) is 18.4 Å². The minimum Gasteiger partial charge on any atom is -0.351 e. The van der Waals surface area contributed by atoms with E-state index in [0.29, 0.717) is 6.54 Å². The molecule has 1 heterocycles. The number of carbonyl (C=O) groups excluding carboxylic acids is 1. The van der Waals surface area contributed by atoms with Gasteiger partial charge in [0.1, 0.15) is 12.4 Å². The SMILES string of the molecule is Cc1nccn1CC(=O)NC1CCc2ccccc2C1. The number of hydrogen-bond acceptors (Lipinski definition) is 2. The molecule has 0 saturated heterocycles. The zero-order valence-corrected chi connectivity index (χ0v) is 11.7. The lowest BCUT2D eigenvalue weighted by atomic mass is 9.88. The van der Waals surface area contributed by atoms with Crippen LogP contribution in [0, 0.1) is 6.92 Å². The molecular weight excluding hydrogens is 250 g/mol. The molecule has 3 rings (SSSR count). The van der Waals surface area contributed by atoms with Crippen molar-refractivity contribution in [1.29, 1.82) is 0 Å². The molecule has 1 aromatic carbocycles. The van der Waals surface area contributed by atoms with Crippen LogP contribution in [0.3, 0.4) is 0 Å². The number of amides is 1. The Balaban J connectivity index is 1.59. The van der Waals surface area contributed by atoms with Gasteiger partial charge in [-0.05, 0) is 37.3 Å². The zero-order chi connectivity index (χ0) is 13.9. The van der Waals surface area contributed by atoms with E-state index in [0.717, 1.165) is 25.1 Å². The molecule has 1 aromatic heterocycles. The van der Waals surface area contributed by atoms with Crippen molar-refractivity contribution in [3.05, 3.63) is 53.6 Å². The number of rotatable bonds is 3. The molecule has 1 aliphatic carbocycles. The fourth-order valence-corrected chi connectivity index (χ4v) is 2.82. The quantitative estimate of drug-likeness (QED) is 0.924. The highest BCUT2D eigenvalue weighted by atomic mass is 16.2. The van der Waals surface area contributed by atoms with E-state index >= 15 is 0 Å². The van der Waals surface area contributed by atoms with Gasteiger partial charge < -0.3 is 9.88 Å². The van der Waals surface area contributed by atoms with Crippen molar-refractivity contribution in [2.45, 2.75) is 38.8 Å². The Morgan fingerprint density at radius 1 is 1.40 bits per heavy atom. The van der Waals surface area contributed by atoms with Crippen LogP contribution in [0.4, 0.5) is 0 Å². The maximum atomic E-state index is 12.1. The van der Waals surface area contributed by atoms with Gasteiger partial charge in [0.05, 0.1) is 0 Å². The van der Waals surface area contributed by atoms with Crippen LogP contribution in [0.25, 0.3) is 0 Å². The van der Waals surface area contributed by atoms with Gasteiger partial charge in [0.2, 0.25) is 5.91 Å². The van der Waals surface area contributed by atoms with Crippen LogP contribution in [-0.2, 0) is 24.2 Å². The maximum Gasteiger partial charge on any atom is 0.240 e. The molecule has 1 aliphatic rings. The number of aryl methyl sites for hydroxylation is 2. The number of hydrogen-bond donors (Lipinski definition) is 1. The lowest BCUT2D eigenvalue weighted by Crippen LogP contribution is -2.40. The first-order valence-electron chi connectivity index (χ1n) is 7.06. The summed E-state index contributed by atoms with van der Waals surface area (Å²) in [5.41, 5.74) is 2.78. The van der Waals surface area contributed by atoms with Crippen molar-refractivity contribution in [1.82, 2.24) is 14.9 Å². The van der Waals surface area contributed by atoms with Crippen molar-refractivity contribution < 1.29 is 4.79 Å². The van der Waals surface area contributed by atoms with Crippen LogP contribution in [0.1, 0.15) is 23.4 Å². The summed E-state index contributed by atoms with van der Waals surface area (Å²) in [5, 5.41) is 3.14. The van der Waals surface area contributed by atoms with Crippen molar-refractivity contribution in [3.8, 4) is 0 Å². The third-order valence-corrected chi connectivity index (χ3v) is 3.95. The summed E-state index contributed by atoms with van der Waals surface area (Å²) < 4.78 is 1.87. The minimum atomic E-state index is 0.0653. The van der Waals surface area contributed by atoms with Crippen LogP contribution in [0.5, 0.6) is 0 Å². The highest BCUT2D eigenvalue weighted by molar-refractivity contribution is 5.76. The van der Waals surface area contributed by atoms with E-state index in [4.69, 9.17) is 0 Å². The predicted molar refractivity (Wildman–Crippen MR) is 77.4 cm³/mol.